The molecule has 3 rings (SSSR count). The third-order valence-electron chi connectivity index (χ3n) is 4.59. The van der Waals surface area contributed by atoms with Crippen molar-refractivity contribution in [3.05, 3.63) is 118 Å². The van der Waals surface area contributed by atoms with Gasteiger partial charge in [-0.3, -0.25) is 4.79 Å². The van der Waals surface area contributed by atoms with Crippen molar-refractivity contribution >= 4 is 21.7 Å². The van der Waals surface area contributed by atoms with Gasteiger partial charge in [0.15, 0.2) is 5.78 Å². The Hall–Kier alpha value is -2.96. The summed E-state index contributed by atoms with van der Waals surface area (Å²) in [5.41, 5.74) is 2.72. The van der Waals surface area contributed by atoms with Crippen molar-refractivity contribution in [2.24, 2.45) is 0 Å². The lowest BCUT2D eigenvalue weighted by molar-refractivity contribution is 0.0951. The molecule has 0 aliphatic heterocycles. The quantitative estimate of drug-likeness (QED) is 0.351. The Bertz CT molecular complexity index is 990. The maximum absolute atomic E-state index is 13.5. The molecule has 0 aromatic heterocycles. The zero-order valence-electron chi connectivity index (χ0n) is 14.7. The van der Waals surface area contributed by atoms with Gasteiger partial charge in [-0.1, -0.05) is 101 Å². The van der Waals surface area contributed by atoms with E-state index in [2.05, 4.69) is 28.6 Å². The number of allylic oxidation sites excluding steroid dienone is 1. The molecule has 0 saturated carbocycles. The molecule has 0 spiro atoms. The van der Waals surface area contributed by atoms with E-state index in [1.54, 1.807) is 0 Å². The van der Waals surface area contributed by atoms with Crippen LogP contribution in [0.2, 0.25) is 0 Å². The zero-order valence-corrected chi connectivity index (χ0v) is 16.3. The Morgan fingerprint density at radius 3 is 2.00 bits per heavy atom. The summed E-state index contributed by atoms with van der Waals surface area (Å²) in [6.45, 7) is 3.98. The van der Waals surface area contributed by atoms with E-state index in [0.29, 0.717) is 11.1 Å². The van der Waals surface area contributed by atoms with E-state index >= 15 is 0 Å². The SMILES string of the molecule is C=C(C#N)C(c1ccccc1Br)C(C(=O)c1ccccc1)c1ccccc1. The predicted octanol–water partition coefficient (Wildman–Crippen LogP) is 6.28. The van der Waals surface area contributed by atoms with Crippen molar-refractivity contribution in [1.29, 1.82) is 5.26 Å². The Kier molecular flexibility index (Phi) is 6.01. The minimum absolute atomic E-state index is 0.0287. The molecular formula is C24H18BrNO. The summed E-state index contributed by atoms with van der Waals surface area (Å²) in [5, 5.41) is 9.63. The van der Waals surface area contributed by atoms with Crippen molar-refractivity contribution in [3.8, 4) is 6.07 Å². The van der Waals surface area contributed by atoms with Crippen LogP contribution in [-0.4, -0.2) is 5.78 Å². The van der Waals surface area contributed by atoms with Gasteiger partial charge < -0.3 is 0 Å². The summed E-state index contributed by atoms with van der Waals surface area (Å²) < 4.78 is 0.855. The summed E-state index contributed by atoms with van der Waals surface area (Å²) >= 11 is 3.58. The highest BCUT2D eigenvalue weighted by Crippen LogP contribution is 2.42. The van der Waals surface area contributed by atoms with Gasteiger partial charge in [0.2, 0.25) is 0 Å². The van der Waals surface area contributed by atoms with Crippen LogP contribution in [0.25, 0.3) is 0 Å². The molecule has 0 heterocycles. The van der Waals surface area contributed by atoms with E-state index in [1.165, 1.54) is 0 Å². The van der Waals surface area contributed by atoms with Gasteiger partial charge >= 0.3 is 0 Å². The standard InChI is InChI=1S/C24H18BrNO/c1-17(16-26)22(20-14-8-9-15-21(20)25)23(18-10-4-2-5-11-18)24(27)19-12-6-3-7-13-19/h2-15,22-23H,1H2. The lowest BCUT2D eigenvalue weighted by Gasteiger charge is -2.27. The number of nitriles is 1. The number of ketones is 1. The number of rotatable bonds is 6. The number of carbonyl (C=O) groups excluding carboxylic acids is 1. The van der Waals surface area contributed by atoms with E-state index in [1.807, 2.05) is 84.9 Å². The summed E-state index contributed by atoms with van der Waals surface area (Å²) in [7, 11) is 0. The van der Waals surface area contributed by atoms with Crippen molar-refractivity contribution < 1.29 is 4.79 Å². The average molecular weight is 416 g/mol. The highest BCUT2D eigenvalue weighted by atomic mass is 79.9. The number of nitrogens with zero attached hydrogens (tertiary/aromatic N) is 1. The van der Waals surface area contributed by atoms with E-state index in [9.17, 15) is 10.1 Å². The number of carbonyl (C=O) groups is 1. The molecule has 3 aromatic rings. The number of Topliss-reactive ketones (excluding diaryl/α,β-unsaturated/α-hetero) is 1. The molecule has 2 nitrogen and oxygen atoms in total. The first-order chi connectivity index (χ1) is 13.1. The van der Waals surface area contributed by atoms with Crippen LogP contribution < -0.4 is 0 Å². The molecule has 2 atom stereocenters. The number of halogens is 1. The number of hydrogen-bond donors (Lipinski definition) is 0. The fourth-order valence-electron chi connectivity index (χ4n) is 3.30. The topological polar surface area (TPSA) is 40.9 Å². The second-order valence-corrected chi connectivity index (χ2v) is 7.11. The van der Waals surface area contributed by atoms with Gasteiger partial charge in [0.1, 0.15) is 0 Å². The molecule has 0 fully saturated rings. The van der Waals surface area contributed by atoms with Crippen molar-refractivity contribution in [1.82, 2.24) is 0 Å². The minimum Gasteiger partial charge on any atom is -0.293 e. The normalized spacial score (nSPS) is 12.6. The number of benzene rings is 3. The van der Waals surface area contributed by atoms with E-state index < -0.39 is 11.8 Å². The molecule has 2 unspecified atom stereocenters. The fourth-order valence-corrected chi connectivity index (χ4v) is 3.83. The van der Waals surface area contributed by atoms with Crippen molar-refractivity contribution in [2.75, 3.05) is 0 Å². The lowest BCUT2D eigenvalue weighted by atomic mass is 9.74. The van der Waals surface area contributed by atoms with Crippen LogP contribution in [0, 0.1) is 11.3 Å². The molecule has 0 aliphatic rings. The third-order valence-corrected chi connectivity index (χ3v) is 5.31. The molecule has 0 amide bonds. The average Bonchev–Trinajstić information content (AvgIpc) is 2.73. The maximum atomic E-state index is 13.5. The smallest absolute Gasteiger partial charge is 0.171 e. The lowest BCUT2D eigenvalue weighted by Crippen LogP contribution is -2.22. The van der Waals surface area contributed by atoms with Gasteiger partial charge in [-0.15, -0.1) is 0 Å². The highest BCUT2D eigenvalue weighted by molar-refractivity contribution is 9.10. The second-order valence-electron chi connectivity index (χ2n) is 6.25. The first-order valence-electron chi connectivity index (χ1n) is 8.61. The molecule has 27 heavy (non-hydrogen) atoms. The van der Waals surface area contributed by atoms with Gasteiger partial charge in [0, 0.05) is 21.5 Å². The van der Waals surface area contributed by atoms with Crippen LogP contribution in [0.5, 0.6) is 0 Å². The van der Waals surface area contributed by atoms with Crippen LogP contribution >= 0.6 is 15.9 Å². The van der Waals surface area contributed by atoms with Crippen LogP contribution in [0.3, 0.4) is 0 Å². The van der Waals surface area contributed by atoms with Gasteiger partial charge in [0.25, 0.3) is 0 Å². The predicted molar refractivity (Wildman–Crippen MR) is 112 cm³/mol. The maximum Gasteiger partial charge on any atom is 0.171 e. The van der Waals surface area contributed by atoms with Gasteiger partial charge in [0.05, 0.1) is 12.0 Å². The zero-order chi connectivity index (χ0) is 19.2. The summed E-state index contributed by atoms with van der Waals surface area (Å²) in [4.78, 5) is 13.5. The molecule has 132 valence electrons. The van der Waals surface area contributed by atoms with Gasteiger partial charge in [-0.2, -0.15) is 5.26 Å². The van der Waals surface area contributed by atoms with Gasteiger partial charge in [-0.25, -0.2) is 0 Å². The molecular weight excluding hydrogens is 398 g/mol. The third kappa shape index (κ3) is 4.07. The van der Waals surface area contributed by atoms with E-state index in [4.69, 9.17) is 0 Å². The van der Waals surface area contributed by atoms with Gasteiger partial charge in [-0.05, 0) is 17.2 Å². The van der Waals surface area contributed by atoms with Crippen molar-refractivity contribution in [2.45, 2.75) is 11.8 Å². The van der Waals surface area contributed by atoms with Crippen LogP contribution in [0.4, 0.5) is 0 Å². The number of hydrogen-bond acceptors (Lipinski definition) is 2. The fraction of sp³-hybridized carbons (Fsp3) is 0.0833. The Morgan fingerprint density at radius 1 is 0.852 bits per heavy atom. The van der Waals surface area contributed by atoms with Crippen LogP contribution in [0.1, 0.15) is 33.3 Å². The molecule has 0 aliphatic carbocycles. The molecule has 0 bridgehead atoms. The monoisotopic (exact) mass is 415 g/mol. The summed E-state index contributed by atoms with van der Waals surface area (Å²) in [6.07, 6.45) is 0. The van der Waals surface area contributed by atoms with Crippen LogP contribution in [-0.2, 0) is 0 Å². The molecule has 0 saturated heterocycles. The van der Waals surface area contributed by atoms with Crippen LogP contribution in [0.15, 0.2) is 102 Å². The summed E-state index contributed by atoms with van der Waals surface area (Å²) in [6, 6.07) is 28.7. The largest absolute Gasteiger partial charge is 0.293 e. The Labute approximate surface area is 167 Å². The second kappa shape index (κ2) is 8.62. The van der Waals surface area contributed by atoms with E-state index in [-0.39, 0.29) is 5.78 Å². The molecule has 0 radical (unpaired) electrons. The Morgan fingerprint density at radius 2 is 1.41 bits per heavy atom. The molecule has 3 heteroatoms. The van der Waals surface area contributed by atoms with E-state index in [0.717, 1.165) is 15.6 Å². The highest BCUT2D eigenvalue weighted by Gasteiger charge is 2.34. The molecule has 3 aromatic carbocycles. The first-order valence-corrected chi connectivity index (χ1v) is 9.40. The summed E-state index contributed by atoms with van der Waals surface area (Å²) in [5.74, 6) is -1.03. The Balaban J connectivity index is 2.21. The van der Waals surface area contributed by atoms with Crippen molar-refractivity contribution in [3.63, 3.8) is 0 Å². The first kappa shape index (κ1) is 18.8. The minimum atomic E-state index is -0.542. The molecule has 0 N–H and O–H groups in total.